The van der Waals surface area contributed by atoms with Crippen LogP contribution >= 0.6 is 31.9 Å². The predicted octanol–water partition coefficient (Wildman–Crippen LogP) is 1.88. The van der Waals surface area contributed by atoms with Gasteiger partial charge in [0.2, 0.25) is 0 Å². The standard InChI is InChI=1S/C14H8Br2O4Se2/c15-7-1-3-11(9(5-7)13(17)18)21-22-12-4-2-8(16)6-10(12)14(19)20/h1-6H,(H,17,18)(H,19,20). The monoisotopic (exact) mass is 558 g/mol. The average molecular weight is 558 g/mol. The Bertz CT molecular complexity index is 686. The molecular weight excluding hydrogens is 550 g/mol. The first-order valence-electron chi connectivity index (χ1n) is 5.78. The molecule has 2 N–H and O–H groups in total. The SMILES string of the molecule is O=C(O)c1cc(Br)ccc1[Se][Se]c1ccc(Br)cc1C(=O)O. The fourth-order valence-electron chi connectivity index (χ4n) is 1.57. The minimum absolute atomic E-state index is 0.112. The van der Waals surface area contributed by atoms with Crippen molar-refractivity contribution in [1.29, 1.82) is 0 Å². The van der Waals surface area contributed by atoms with E-state index < -0.39 is 11.9 Å². The van der Waals surface area contributed by atoms with Gasteiger partial charge in [-0.05, 0) is 0 Å². The van der Waals surface area contributed by atoms with Crippen molar-refractivity contribution in [2.45, 2.75) is 0 Å². The molecule has 0 unspecified atom stereocenters. The van der Waals surface area contributed by atoms with Gasteiger partial charge in [-0.15, -0.1) is 0 Å². The van der Waals surface area contributed by atoms with Gasteiger partial charge in [0, 0.05) is 0 Å². The third kappa shape index (κ3) is 4.44. The van der Waals surface area contributed by atoms with E-state index in [1.54, 1.807) is 36.4 Å². The first kappa shape index (κ1) is 17.7. The Labute approximate surface area is 154 Å². The van der Waals surface area contributed by atoms with Crippen LogP contribution in [-0.2, 0) is 0 Å². The van der Waals surface area contributed by atoms with Gasteiger partial charge in [-0.1, -0.05) is 0 Å². The van der Waals surface area contributed by atoms with E-state index in [9.17, 15) is 19.8 Å². The molecule has 0 aromatic heterocycles. The Hall–Kier alpha value is -0.621. The van der Waals surface area contributed by atoms with E-state index in [-0.39, 0.29) is 37.4 Å². The molecule has 0 amide bonds. The van der Waals surface area contributed by atoms with Gasteiger partial charge in [-0.2, -0.15) is 0 Å². The molecule has 0 radical (unpaired) electrons. The van der Waals surface area contributed by atoms with Crippen LogP contribution < -0.4 is 8.92 Å². The summed E-state index contributed by atoms with van der Waals surface area (Å²) in [6, 6.07) is 10.3. The van der Waals surface area contributed by atoms with Crippen molar-refractivity contribution in [3.8, 4) is 0 Å². The molecule has 114 valence electrons. The first-order valence-corrected chi connectivity index (χ1v) is 13.4. The number of hydrogen-bond donors (Lipinski definition) is 2. The van der Waals surface area contributed by atoms with Crippen molar-refractivity contribution in [1.82, 2.24) is 0 Å². The van der Waals surface area contributed by atoms with Gasteiger partial charge in [-0.25, -0.2) is 0 Å². The van der Waals surface area contributed by atoms with Crippen LogP contribution in [-0.4, -0.2) is 48.4 Å². The van der Waals surface area contributed by atoms with Crippen molar-refractivity contribution in [3.63, 3.8) is 0 Å². The number of rotatable bonds is 5. The van der Waals surface area contributed by atoms with Crippen molar-refractivity contribution in [2.24, 2.45) is 0 Å². The van der Waals surface area contributed by atoms with Crippen LogP contribution in [0.15, 0.2) is 45.3 Å². The second-order valence-electron chi connectivity index (χ2n) is 4.06. The Morgan fingerprint density at radius 1 is 0.773 bits per heavy atom. The number of aromatic carboxylic acids is 2. The molecule has 0 saturated heterocycles. The van der Waals surface area contributed by atoms with E-state index in [1.807, 2.05) is 0 Å². The Kier molecular flexibility index (Phi) is 6.26. The number of carbonyl (C=O) groups is 2. The van der Waals surface area contributed by atoms with E-state index >= 15 is 0 Å². The summed E-state index contributed by atoms with van der Waals surface area (Å²) in [7, 11) is 0. The minimum atomic E-state index is -0.969. The van der Waals surface area contributed by atoms with Gasteiger partial charge in [0.25, 0.3) is 0 Å². The van der Waals surface area contributed by atoms with Crippen LogP contribution in [0.4, 0.5) is 0 Å². The third-order valence-corrected chi connectivity index (χ3v) is 10.8. The van der Waals surface area contributed by atoms with Crippen molar-refractivity contribution in [2.75, 3.05) is 0 Å². The molecule has 8 heteroatoms. The zero-order valence-electron chi connectivity index (χ0n) is 10.7. The van der Waals surface area contributed by atoms with Crippen LogP contribution in [0, 0.1) is 0 Å². The predicted molar refractivity (Wildman–Crippen MR) is 93.0 cm³/mol. The summed E-state index contributed by atoms with van der Waals surface area (Å²) in [4.78, 5) is 22.6. The van der Waals surface area contributed by atoms with E-state index in [4.69, 9.17) is 0 Å². The van der Waals surface area contributed by atoms with Gasteiger partial charge >= 0.3 is 155 Å². The van der Waals surface area contributed by atoms with Crippen LogP contribution in [0.3, 0.4) is 0 Å². The maximum absolute atomic E-state index is 11.3. The average Bonchev–Trinajstić information content (AvgIpc) is 2.46. The van der Waals surface area contributed by atoms with Crippen LogP contribution in [0.5, 0.6) is 0 Å². The Morgan fingerprint density at radius 2 is 1.14 bits per heavy atom. The van der Waals surface area contributed by atoms with Crippen molar-refractivity contribution in [3.05, 3.63) is 56.5 Å². The fraction of sp³-hybridized carbons (Fsp3) is 0. The van der Waals surface area contributed by atoms with Crippen LogP contribution in [0.1, 0.15) is 20.7 Å². The number of carboxylic acid groups (broad SMARTS) is 2. The van der Waals surface area contributed by atoms with E-state index in [1.165, 1.54) is 0 Å². The molecule has 0 fully saturated rings. The van der Waals surface area contributed by atoms with Crippen molar-refractivity contribution < 1.29 is 19.8 Å². The fourth-order valence-corrected chi connectivity index (χ4v) is 9.31. The molecule has 0 heterocycles. The molecule has 4 nitrogen and oxygen atoms in total. The van der Waals surface area contributed by atoms with Gasteiger partial charge in [0.05, 0.1) is 0 Å². The molecular formula is C14H8Br2O4Se2. The van der Waals surface area contributed by atoms with Crippen LogP contribution in [0.2, 0.25) is 0 Å². The molecule has 22 heavy (non-hydrogen) atoms. The van der Waals surface area contributed by atoms with Crippen molar-refractivity contribution >= 4 is 79.0 Å². The second-order valence-corrected chi connectivity index (χ2v) is 12.1. The molecule has 2 rings (SSSR count). The molecule has 2 aromatic rings. The molecule has 0 aliphatic heterocycles. The van der Waals surface area contributed by atoms with Gasteiger partial charge in [0.1, 0.15) is 0 Å². The second kappa shape index (κ2) is 7.77. The van der Waals surface area contributed by atoms with Crippen LogP contribution in [0.25, 0.3) is 0 Å². The third-order valence-electron chi connectivity index (χ3n) is 2.57. The normalized spacial score (nSPS) is 10.5. The number of benzene rings is 2. The number of hydrogen-bond acceptors (Lipinski definition) is 2. The quantitative estimate of drug-likeness (QED) is 0.551. The number of halogens is 2. The van der Waals surface area contributed by atoms with Gasteiger partial charge < -0.3 is 0 Å². The molecule has 0 aliphatic rings. The van der Waals surface area contributed by atoms with Gasteiger partial charge in [-0.3, -0.25) is 0 Å². The van der Waals surface area contributed by atoms with Gasteiger partial charge in [0.15, 0.2) is 0 Å². The summed E-state index contributed by atoms with van der Waals surface area (Å²) in [6.45, 7) is 0. The van der Waals surface area contributed by atoms with E-state index in [0.717, 1.165) is 8.92 Å². The molecule has 0 saturated carbocycles. The first-order chi connectivity index (χ1) is 10.4. The summed E-state index contributed by atoms with van der Waals surface area (Å²) in [5.41, 5.74) is 0.537. The zero-order chi connectivity index (χ0) is 16.3. The Morgan fingerprint density at radius 3 is 1.45 bits per heavy atom. The summed E-state index contributed by atoms with van der Waals surface area (Å²) >= 11 is 6.31. The number of carboxylic acids is 2. The molecule has 0 spiro atoms. The summed E-state index contributed by atoms with van der Waals surface area (Å²) in [5, 5.41) is 18.5. The zero-order valence-corrected chi connectivity index (χ0v) is 17.3. The molecule has 2 aromatic carbocycles. The Balaban J connectivity index is 2.28. The maximum atomic E-state index is 11.3. The summed E-state index contributed by atoms with van der Waals surface area (Å²) in [6.07, 6.45) is 0. The van der Waals surface area contributed by atoms with E-state index in [0.29, 0.717) is 8.95 Å². The molecule has 0 aliphatic carbocycles. The topological polar surface area (TPSA) is 74.6 Å². The molecule has 0 atom stereocenters. The summed E-state index contributed by atoms with van der Waals surface area (Å²) in [5.74, 6) is -1.94. The molecule has 0 bridgehead atoms. The van der Waals surface area contributed by atoms with E-state index in [2.05, 4.69) is 31.9 Å². The summed E-state index contributed by atoms with van der Waals surface area (Å²) < 4.78 is 2.96.